The molecule has 5 heterocycles. The van der Waals surface area contributed by atoms with Crippen molar-refractivity contribution in [1.82, 2.24) is 29.4 Å². The summed E-state index contributed by atoms with van der Waals surface area (Å²) >= 11 is 0. The van der Waals surface area contributed by atoms with Crippen molar-refractivity contribution in [3.63, 3.8) is 0 Å². The molecule has 1 atom stereocenters. The van der Waals surface area contributed by atoms with Crippen LogP contribution < -0.4 is 4.90 Å². The molecule has 2 aliphatic rings. The van der Waals surface area contributed by atoms with Gasteiger partial charge in [0.05, 0.1) is 11.9 Å². The molecule has 2 saturated heterocycles. The zero-order valence-electron chi connectivity index (χ0n) is 23.2. The van der Waals surface area contributed by atoms with Crippen molar-refractivity contribution < 1.29 is 9.18 Å². The summed E-state index contributed by atoms with van der Waals surface area (Å²) in [7, 11) is 4.11. The molecule has 4 aromatic rings. The lowest BCUT2D eigenvalue weighted by Crippen LogP contribution is -2.34. The molecule has 0 aliphatic carbocycles. The van der Waals surface area contributed by atoms with Crippen LogP contribution in [-0.4, -0.2) is 81.6 Å². The minimum absolute atomic E-state index is 0.0363. The summed E-state index contributed by atoms with van der Waals surface area (Å²) in [5, 5.41) is 4.97. The Labute approximate surface area is 234 Å². The molecule has 6 rings (SSSR count). The van der Waals surface area contributed by atoms with E-state index in [4.69, 9.17) is 10.1 Å². The van der Waals surface area contributed by atoms with Crippen molar-refractivity contribution in [1.29, 1.82) is 0 Å². The predicted octanol–water partition coefficient (Wildman–Crippen LogP) is 4.87. The number of pyridine rings is 1. The summed E-state index contributed by atoms with van der Waals surface area (Å²) in [6.45, 7) is 3.24. The molecule has 9 heteroatoms. The molecule has 208 valence electrons. The second-order valence-corrected chi connectivity index (χ2v) is 11.2. The number of likely N-dealkylation sites (tertiary alicyclic amines) is 1. The van der Waals surface area contributed by atoms with Crippen molar-refractivity contribution >= 4 is 17.4 Å². The zero-order chi connectivity index (χ0) is 27.6. The van der Waals surface area contributed by atoms with Crippen molar-refractivity contribution in [3.05, 3.63) is 77.9 Å². The van der Waals surface area contributed by atoms with Crippen LogP contribution in [0.4, 0.5) is 10.2 Å². The van der Waals surface area contributed by atoms with Crippen LogP contribution >= 0.6 is 0 Å². The van der Waals surface area contributed by atoms with Crippen LogP contribution in [0.25, 0.3) is 17.0 Å². The Hall–Kier alpha value is -3.85. The number of rotatable bonds is 5. The van der Waals surface area contributed by atoms with Crippen molar-refractivity contribution in [2.24, 2.45) is 0 Å². The molecule has 0 unspecified atom stereocenters. The van der Waals surface area contributed by atoms with Gasteiger partial charge in [0.15, 0.2) is 5.65 Å². The first-order valence-electron chi connectivity index (χ1n) is 14.2. The molecule has 40 heavy (non-hydrogen) atoms. The van der Waals surface area contributed by atoms with E-state index in [1.807, 2.05) is 45.8 Å². The third kappa shape index (κ3) is 5.43. The molecule has 0 radical (unpaired) electrons. The van der Waals surface area contributed by atoms with Gasteiger partial charge in [-0.1, -0.05) is 18.2 Å². The Morgan fingerprint density at radius 2 is 1.77 bits per heavy atom. The van der Waals surface area contributed by atoms with Gasteiger partial charge < -0.3 is 14.7 Å². The summed E-state index contributed by atoms with van der Waals surface area (Å²) in [6.07, 6.45) is 6.81. The fourth-order valence-corrected chi connectivity index (χ4v) is 6.05. The minimum atomic E-state index is -0.159. The van der Waals surface area contributed by atoms with Gasteiger partial charge in [0.2, 0.25) is 0 Å². The number of halogens is 1. The molecule has 0 spiro atoms. The first-order chi connectivity index (χ1) is 19.5. The number of likely N-dealkylation sites (N-methyl/N-ethyl adjacent to an activating group) is 1. The number of hydrogen-bond acceptors (Lipinski definition) is 6. The number of carbonyl (C=O) groups is 1. The van der Waals surface area contributed by atoms with E-state index in [9.17, 15) is 9.18 Å². The normalized spacial score (nSPS) is 18.9. The first kappa shape index (κ1) is 26.4. The molecule has 0 bridgehead atoms. The number of nitrogens with zero attached hydrogens (tertiary/aromatic N) is 7. The minimum Gasteiger partial charge on any atom is -0.355 e. The second-order valence-electron chi connectivity index (χ2n) is 11.2. The largest absolute Gasteiger partial charge is 0.355 e. The average Bonchev–Trinajstić information content (AvgIpc) is 3.61. The summed E-state index contributed by atoms with van der Waals surface area (Å²) in [6, 6.07) is 17.0. The Bertz CT molecular complexity index is 1490. The number of amides is 1. The third-order valence-corrected chi connectivity index (χ3v) is 8.37. The van der Waals surface area contributed by atoms with Crippen LogP contribution in [0.3, 0.4) is 0 Å². The van der Waals surface area contributed by atoms with Gasteiger partial charge in [0.25, 0.3) is 5.91 Å². The Kier molecular flexibility index (Phi) is 7.47. The van der Waals surface area contributed by atoms with Gasteiger partial charge >= 0.3 is 0 Å². The lowest BCUT2D eigenvalue weighted by Gasteiger charge is -2.29. The van der Waals surface area contributed by atoms with Crippen molar-refractivity contribution in [2.75, 3.05) is 45.2 Å². The molecule has 2 aliphatic heterocycles. The van der Waals surface area contributed by atoms with Gasteiger partial charge in [-0.2, -0.15) is 0 Å². The predicted molar refractivity (Wildman–Crippen MR) is 154 cm³/mol. The molecule has 1 aromatic carbocycles. The summed E-state index contributed by atoms with van der Waals surface area (Å²) in [5.41, 5.74) is 3.73. The number of anilines is 1. The van der Waals surface area contributed by atoms with Crippen LogP contribution in [0.2, 0.25) is 0 Å². The smallest absolute Gasteiger partial charge is 0.272 e. The Morgan fingerprint density at radius 3 is 2.52 bits per heavy atom. The Morgan fingerprint density at radius 1 is 0.975 bits per heavy atom. The molecular formula is C31H36FN7O. The lowest BCUT2D eigenvalue weighted by atomic mass is 9.88. The van der Waals surface area contributed by atoms with Crippen LogP contribution in [0.5, 0.6) is 0 Å². The highest BCUT2D eigenvalue weighted by molar-refractivity contribution is 5.93. The van der Waals surface area contributed by atoms with E-state index >= 15 is 0 Å². The van der Waals surface area contributed by atoms with Gasteiger partial charge in [-0.15, -0.1) is 5.10 Å². The number of aromatic nitrogens is 4. The summed E-state index contributed by atoms with van der Waals surface area (Å²) < 4.78 is 15.6. The molecule has 3 aromatic heterocycles. The van der Waals surface area contributed by atoms with Gasteiger partial charge in [-0.25, -0.2) is 18.9 Å². The fraction of sp³-hybridized carbons (Fsp3) is 0.419. The maximum Gasteiger partial charge on any atom is 0.272 e. The highest BCUT2D eigenvalue weighted by Crippen LogP contribution is 2.30. The highest BCUT2D eigenvalue weighted by Gasteiger charge is 2.29. The molecule has 0 saturated carbocycles. The van der Waals surface area contributed by atoms with Gasteiger partial charge in [-0.3, -0.25) is 4.79 Å². The van der Waals surface area contributed by atoms with Gasteiger partial charge in [-0.05, 0) is 94.1 Å². The topological polar surface area (TPSA) is 69.9 Å². The highest BCUT2D eigenvalue weighted by atomic mass is 19.1. The van der Waals surface area contributed by atoms with Gasteiger partial charge in [0, 0.05) is 32.2 Å². The van der Waals surface area contributed by atoms with Crippen molar-refractivity contribution in [3.8, 4) is 11.4 Å². The Balaban J connectivity index is 1.19. The number of benzene rings is 1. The quantitative estimate of drug-likeness (QED) is 0.359. The maximum atomic E-state index is 13.8. The summed E-state index contributed by atoms with van der Waals surface area (Å²) in [4.78, 5) is 28.9. The maximum absolute atomic E-state index is 13.8. The van der Waals surface area contributed by atoms with Crippen molar-refractivity contribution in [2.45, 2.75) is 44.1 Å². The number of hydrogen-bond donors (Lipinski definition) is 0. The second kappa shape index (κ2) is 11.3. The standard InChI is InChI=1S/C31H36FN7O/c1-36(2)25-15-18-38(21-25)31(40)27-12-4-11-26(34-27)28-20-33-29-13-14-30(35-39(28)29)37-16-5-8-22(9-6-17-37)23-7-3-10-24(32)19-23/h3-4,7,10-14,19-20,22,25H,5-6,8-9,15-18,21H2,1-2H3/t25-/m1/s1. The monoisotopic (exact) mass is 541 g/mol. The number of carbonyl (C=O) groups excluding carboxylic acids is 1. The van der Waals surface area contributed by atoms with Crippen LogP contribution in [-0.2, 0) is 0 Å². The fourth-order valence-electron chi connectivity index (χ4n) is 6.05. The van der Waals surface area contributed by atoms with Gasteiger partial charge in [0.1, 0.15) is 23.0 Å². The van der Waals surface area contributed by atoms with E-state index in [0.717, 1.165) is 81.0 Å². The number of fused-ring (bicyclic) bond motifs is 1. The van der Waals surface area contributed by atoms with E-state index < -0.39 is 0 Å². The van der Waals surface area contributed by atoms with E-state index in [1.54, 1.807) is 18.3 Å². The summed E-state index contributed by atoms with van der Waals surface area (Å²) in [5.74, 6) is 1.10. The molecule has 1 amide bonds. The third-order valence-electron chi connectivity index (χ3n) is 8.37. The van der Waals surface area contributed by atoms with E-state index in [2.05, 4.69) is 28.9 Å². The van der Waals surface area contributed by atoms with Crippen LogP contribution in [0.1, 0.15) is 54.1 Å². The molecule has 0 N–H and O–H groups in total. The molecular weight excluding hydrogens is 505 g/mol. The van der Waals surface area contributed by atoms with E-state index in [1.165, 1.54) is 6.07 Å². The first-order valence-corrected chi connectivity index (χ1v) is 14.2. The average molecular weight is 542 g/mol. The molecule has 2 fully saturated rings. The van der Waals surface area contributed by atoms with E-state index in [-0.39, 0.29) is 11.7 Å². The molecule has 8 nitrogen and oxygen atoms in total. The van der Waals surface area contributed by atoms with E-state index in [0.29, 0.717) is 23.3 Å². The number of imidazole rings is 1. The van der Waals surface area contributed by atoms with Crippen LogP contribution in [0, 0.1) is 5.82 Å². The zero-order valence-corrected chi connectivity index (χ0v) is 23.2. The SMILES string of the molecule is CN(C)[C@@H]1CCN(C(=O)c2cccc(-c3cnc4ccc(N5CCCC(c6cccc(F)c6)CCC5)nn34)n2)C1. The van der Waals surface area contributed by atoms with Crippen LogP contribution in [0.15, 0.2) is 60.8 Å². The lowest BCUT2D eigenvalue weighted by molar-refractivity contribution is 0.0777.